The van der Waals surface area contributed by atoms with Crippen LogP contribution in [0.3, 0.4) is 0 Å². The molecule has 1 fully saturated rings. The third kappa shape index (κ3) is 5.13. The summed E-state index contributed by atoms with van der Waals surface area (Å²) in [4.78, 5) is 12.0. The van der Waals surface area contributed by atoms with Crippen LogP contribution >= 0.6 is 0 Å². The number of hydrogen-bond donors (Lipinski definition) is 4. The monoisotopic (exact) mass is 479 g/mol. The van der Waals surface area contributed by atoms with Crippen molar-refractivity contribution in [3.05, 3.63) is 42.5 Å². The maximum absolute atomic E-state index is 11.1. The largest absolute Gasteiger partial charge is 0.387 e. The molecular weight excluding hydrogens is 454 g/mol. The number of imidazole rings is 1. The van der Waals surface area contributed by atoms with E-state index in [9.17, 15) is 18.6 Å². The van der Waals surface area contributed by atoms with Gasteiger partial charge in [-0.1, -0.05) is 12.1 Å². The maximum atomic E-state index is 11.1. The van der Waals surface area contributed by atoms with Crippen LogP contribution < -0.4 is 5.73 Å². The molecule has 0 saturated carbocycles. The number of ether oxygens (including phenoxy) is 2. The molecule has 12 nitrogen and oxygen atoms in total. The van der Waals surface area contributed by atoms with Crippen LogP contribution in [0.25, 0.3) is 11.2 Å². The van der Waals surface area contributed by atoms with E-state index in [0.29, 0.717) is 17.8 Å². The van der Waals surface area contributed by atoms with Gasteiger partial charge in [0.05, 0.1) is 17.8 Å². The standard InChI is InChI=1S/C20H25N5O7S/c21-18-15-19(23-10-22-18)25(11-24-15)20-17(27)16(26)14(32-20)9-31-8-2-1-3-12-4-6-13(7-5-12)33(28,29)30/h4-7,10-11,14,16-17,20,26-27H,1-3,8-9H2,(H2,21,22,23)(H,28,29,30)/t14-,16-,17-,20-/m1/s1. The number of nitrogens with two attached hydrogens (primary N) is 1. The van der Waals surface area contributed by atoms with Gasteiger partial charge in [0.2, 0.25) is 0 Å². The molecule has 1 saturated heterocycles. The van der Waals surface area contributed by atoms with Crippen LogP contribution in [0.5, 0.6) is 0 Å². The van der Waals surface area contributed by atoms with Crippen molar-refractivity contribution in [2.24, 2.45) is 0 Å². The van der Waals surface area contributed by atoms with Crippen LogP contribution in [0.15, 0.2) is 41.8 Å². The van der Waals surface area contributed by atoms with Crippen molar-refractivity contribution < 1.29 is 32.7 Å². The third-order valence-electron chi connectivity index (χ3n) is 5.51. The third-order valence-corrected chi connectivity index (χ3v) is 6.37. The molecule has 1 aliphatic heterocycles. The van der Waals surface area contributed by atoms with E-state index in [2.05, 4.69) is 15.0 Å². The second-order valence-corrected chi connectivity index (χ2v) is 9.20. The molecule has 5 N–H and O–H groups in total. The lowest BCUT2D eigenvalue weighted by molar-refractivity contribution is -0.0656. The van der Waals surface area contributed by atoms with Crippen LogP contribution in [0.1, 0.15) is 24.6 Å². The van der Waals surface area contributed by atoms with E-state index in [-0.39, 0.29) is 17.3 Å². The maximum Gasteiger partial charge on any atom is 0.294 e. The number of rotatable bonds is 9. The van der Waals surface area contributed by atoms with Crippen LogP contribution in [-0.2, 0) is 26.0 Å². The fourth-order valence-electron chi connectivity index (χ4n) is 3.71. The zero-order valence-corrected chi connectivity index (χ0v) is 18.4. The van der Waals surface area contributed by atoms with Gasteiger partial charge in [-0.25, -0.2) is 15.0 Å². The number of aliphatic hydroxyl groups excluding tert-OH is 2. The molecule has 0 spiro atoms. The van der Waals surface area contributed by atoms with Crippen molar-refractivity contribution in [2.45, 2.75) is 48.7 Å². The number of aromatic nitrogens is 4. The van der Waals surface area contributed by atoms with Gasteiger partial charge in [-0.05, 0) is 37.0 Å². The zero-order valence-electron chi connectivity index (χ0n) is 17.6. The molecule has 3 aromatic rings. The van der Waals surface area contributed by atoms with Crippen molar-refractivity contribution in [2.75, 3.05) is 18.9 Å². The zero-order chi connectivity index (χ0) is 23.6. The molecule has 178 valence electrons. The predicted octanol–water partition coefficient (Wildman–Crippen LogP) is 0.314. The summed E-state index contributed by atoms with van der Waals surface area (Å²) in [5.41, 5.74) is 7.51. The molecule has 0 unspecified atom stereocenters. The topological polar surface area (TPSA) is 183 Å². The highest BCUT2D eigenvalue weighted by Gasteiger charge is 2.44. The van der Waals surface area contributed by atoms with Gasteiger partial charge >= 0.3 is 0 Å². The molecule has 0 bridgehead atoms. The number of benzene rings is 1. The molecule has 3 heterocycles. The summed E-state index contributed by atoms with van der Waals surface area (Å²) in [6.45, 7) is 0.524. The van der Waals surface area contributed by atoms with Gasteiger partial charge in [-0.3, -0.25) is 9.12 Å². The Bertz CT molecular complexity index is 1200. The van der Waals surface area contributed by atoms with Crippen molar-refractivity contribution >= 4 is 27.1 Å². The minimum absolute atomic E-state index is 0.0987. The number of unbranched alkanes of at least 4 members (excludes halogenated alkanes) is 1. The molecule has 0 amide bonds. The summed E-state index contributed by atoms with van der Waals surface area (Å²) in [5.74, 6) is 0.209. The summed E-state index contributed by atoms with van der Waals surface area (Å²) in [6.07, 6.45) is 1.01. The number of fused-ring (bicyclic) bond motifs is 1. The molecule has 4 rings (SSSR count). The average molecular weight is 480 g/mol. The normalized spacial score (nSPS) is 23.4. The highest BCUT2D eigenvalue weighted by atomic mass is 32.2. The molecule has 2 aromatic heterocycles. The Morgan fingerprint density at radius 3 is 2.58 bits per heavy atom. The molecule has 13 heteroatoms. The summed E-state index contributed by atoms with van der Waals surface area (Å²) in [7, 11) is -4.19. The first kappa shape index (κ1) is 23.5. The highest BCUT2D eigenvalue weighted by molar-refractivity contribution is 7.85. The smallest absolute Gasteiger partial charge is 0.294 e. The lowest BCUT2D eigenvalue weighted by atomic mass is 10.1. The van der Waals surface area contributed by atoms with Gasteiger partial charge in [0.1, 0.15) is 30.2 Å². The number of hydrogen-bond acceptors (Lipinski definition) is 10. The van der Waals surface area contributed by atoms with E-state index in [4.69, 9.17) is 19.8 Å². The fraction of sp³-hybridized carbons (Fsp3) is 0.450. The summed E-state index contributed by atoms with van der Waals surface area (Å²) >= 11 is 0. The average Bonchev–Trinajstić information content (AvgIpc) is 3.33. The van der Waals surface area contributed by atoms with Gasteiger partial charge < -0.3 is 25.4 Å². The molecule has 0 radical (unpaired) electrons. The number of anilines is 1. The van der Waals surface area contributed by atoms with Crippen LogP contribution in [-0.4, -0.2) is 74.2 Å². The Kier molecular flexibility index (Phi) is 6.88. The highest BCUT2D eigenvalue weighted by Crippen LogP contribution is 2.32. The van der Waals surface area contributed by atoms with Crippen molar-refractivity contribution in [3.8, 4) is 0 Å². The van der Waals surface area contributed by atoms with Crippen LogP contribution in [0.2, 0.25) is 0 Å². The quantitative estimate of drug-likeness (QED) is 0.245. The first-order valence-electron chi connectivity index (χ1n) is 10.3. The summed E-state index contributed by atoms with van der Waals surface area (Å²) in [6, 6.07) is 6.05. The SMILES string of the molecule is Nc1ncnc2c1ncn2[C@@H]1O[C@H](COCCCCc2ccc(S(=O)(=O)O)cc2)[C@@H](O)[C@H]1O. The first-order valence-corrected chi connectivity index (χ1v) is 11.8. The van der Waals surface area contributed by atoms with Gasteiger partial charge in [-0.15, -0.1) is 0 Å². The Balaban J connectivity index is 1.23. The molecule has 1 aromatic carbocycles. The van der Waals surface area contributed by atoms with E-state index < -0.39 is 34.7 Å². The number of aryl methyl sites for hydroxylation is 1. The van der Waals surface area contributed by atoms with Crippen molar-refractivity contribution in [1.82, 2.24) is 19.5 Å². The fourth-order valence-corrected chi connectivity index (χ4v) is 4.19. The van der Waals surface area contributed by atoms with Crippen LogP contribution in [0, 0.1) is 0 Å². The van der Waals surface area contributed by atoms with E-state index in [0.717, 1.165) is 24.8 Å². The number of nitrogens with zero attached hydrogens (tertiary/aromatic N) is 4. The van der Waals surface area contributed by atoms with E-state index >= 15 is 0 Å². The van der Waals surface area contributed by atoms with Gasteiger partial charge in [0.25, 0.3) is 10.1 Å². The molecular formula is C20H25N5O7S. The van der Waals surface area contributed by atoms with Gasteiger partial charge in [0.15, 0.2) is 17.7 Å². The Morgan fingerprint density at radius 1 is 1.09 bits per heavy atom. The predicted molar refractivity (Wildman–Crippen MR) is 116 cm³/mol. The second kappa shape index (κ2) is 9.67. The Morgan fingerprint density at radius 2 is 1.85 bits per heavy atom. The van der Waals surface area contributed by atoms with Gasteiger partial charge in [0, 0.05) is 6.61 Å². The number of aliphatic hydroxyl groups is 2. The molecule has 33 heavy (non-hydrogen) atoms. The second-order valence-electron chi connectivity index (χ2n) is 7.78. The van der Waals surface area contributed by atoms with Crippen LogP contribution in [0.4, 0.5) is 5.82 Å². The minimum atomic E-state index is -4.19. The Labute approximate surface area is 189 Å². The first-order chi connectivity index (χ1) is 15.8. The van der Waals surface area contributed by atoms with E-state index in [1.165, 1.54) is 29.4 Å². The summed E-state index contributed by atoms with van der Waals surface area (Å²) < 4.78 is 44.1. The number of nitrogen functional groups attached to an aromatic ring is 1. The molecule has 4 atom stereocenters. The van der Waals surface area contributed by atoms with E-state index in [1.54, 1.807) is 12.1 Å². The lowest BCUT2D eigenvalue weighted by Gasteiger charge is -2.16. The Hall–Kier alpha value is -2.68. The van der Waals surface area contributed by atoms with Crippen molar-refractivity contribution in [3.63, 3.8) is 0 Å². The van der Waals surface area contributed by atoms with E-state index in [1.807, 2.05) is 0 Å². The minimum Gasteiger partial charge on any atom is -0.387 e. The van der Waals surface area contributed by atoms with Crippen molar-refractivity contribution in [1.29, 1.82) is 0 Å². The lowest BCUT2D eigenvalue weighted by Crippen LogP contribution is -2.33. The van der Waals surface area contributed by atoms with Gasteiger partial charge in [-0.2, -0.15) is 8.42 Å². The molecule has 0 aliphatic carbocycles. The summed E-state index contributed by atoms with van der Waals surface area (Å²) in [5, 5.41) is 20.8. The molecule has 1 aliphatic rings.